The Morgan fingerprint density at radius 1 is 1.23 bits per heavy atom. The third-order valence-electron chi connectivity index (χ3n) is 6.43. The topological polar surface area (TPSA) is 148 Å². The van der Waals surface area contributed by atoms with Gasteiger partial charge in [-0.3, -0.25) is 14.5 Å². The van der Waals surface area contributed by atoms with Crippen molar-refractivity contribution in [1.29, 1.82) is 5.41 Å². The van der Waals surface area contributed by atoms with Gasteiger partial charge in [0.1, 0.15) is 24.3 Å². The second-order valence-corrected chi connectivity index (χ2v) is 11.2. The predicted molar refractivity (Wildman–Crippen MR) is 154 cm³/mol. The van der Waals surface area contributed by atoms with Crippen LogP contribution in [0, 0.1) is 5.41 Å². The largest absolute Gasteiger partial charge is 0.490 e. The van der Waals surface area contributed by atoms with Crippen LogP contribution in [-0.4, -0.2) is 82.4 Å². The first-order valence-corrected chi connectivity index (χ1v) is 14.8. The number of rotatable bonds is 11. The van der Waals surface area contributed by atoms with Crippen molar-refractivity contribution in [3.8, 4) is 5.75 Å². The van der Waals surface area contributed by atoms with Crippen LogP contribution in [0.1, 0.15) is 30.9 Å². The van der Waals surface area contributed by atoms with Crippen molar-refractivity contribution in [2.75, 3.05) is 49.5 Å². The monoisotopic (exact) mass is 569 g/mol. The zero-order valence-electron chi connectivity index (χ0n) is 22.5. The lowest BCUT2D eigenvalue weighted by Crippen LogP contribution is -2.41. The molecule has 0 aromatic heterocycles. The summed E-state index contributed by atoms with van der Waals surface area (Å²) in [6.45, 7) is 4.62. The third-order valence-corrected chi connectivity index (χ3v) is 8.06. The van der Waals surface area contributed by atoms with Crippen LogP contribution >= 0.6 is 0 Å². The summed E-state index contributed by atoms with van der Waals surface area (Å²) >= 11 is 0. The number of nitrogens with zero attached hydrogens (tertiary/aromatic N) is 3. The van der Waals surface area contributed by atoms with Crippen LogP contribution in [-0.2, 0) is 24.3 Å². The van der Waals surface area contributed by atoms with Gasteiger partial charge in [-0.1, -0.05) is 30.4 Å². The van der Waals surface area contributed by atoms with E-state index in [4.69, 9.17) is 25.4 Å². The van der Waals surface area contributed by atoms with Gasteiger partial charge in [0.15, 0.2) is 5.75 Å². The smallest absolute Gasteiger partial charge is 0.323 e. The van der Waals surface area contributed by atoms with E-state index in [1.165, 1.54) is 4.31 Å². The minimum absolute atomic E-state index is 0.0172. The summed E-state index contributed by atoms with van der Waals surface area (Å²) in [6, 6.07) is 14.6. The Balaban J connectivity index is 1.45. The number of esters is 1. The number of nitrogens with two attached hydrogens (primary N) is 1. The first-order chi connectivity index (χ1) is 19.2. The maximum absolute atomic E-state index is 13.2. The molecular formula is C28H35N5O6S. The third kappa shape index (κ3) is 7.75. The summed E-state index contributed by atoms with van der Waals surface area (Å²) < 4.78 is 44.2. The van der Waals surface area contributed by atoms with E-state index in [1.807, 2.05) is 6.07 Å². The molecule has 12 heteroatoms. The minimum Gasteiger partial charge on any atom is -0.490 e. The maximum atomic E-state index is 13.2. The minimum atomic E-state index is -4.04. The number of carbonyl (C=O) groups is 1. The Morgan fingerprint density at radius 3 is 2.62 bits per heavy atom. The average molecular weight is 570 g/mol. The summed E-state index contributed by atoms with van der Waals surface area (Å²) in [5, 5.41) is 7.61. The normalized spacial score (nSPS) is 15.9. The van der Waals surface area contributed by atoms with E-state index in [1.54, 1.807) is 61.5 Å². The fourth-order valence-electron chi connectivity index (χ4n) is 4.47. The number of amidine groups is 2. The van der Waals surface area contributed by atoms with E-state index in [0.717, 1.165) is 31.5 Å². The van der Waals surface area contributed by atoms with Crippen LogP contribution in [0.2, 0.25) is 0 Å². The quantitative estimate of drug-likeness (QED) is 0.238. The second kappa shape index (κ2) is 13.3. The van der Waals surface area contributed by atoms with Crippen LogP contribution in [0.15, 0.2) is 59.6 Å². The van der Waals surface area contributed by atoms with Crippen molar-refractivity contribution >= 4 is 39.6 Å². The van der Waals surface area contributed by atoms with Gasteiger partial charge in [-0.2, -0.15) is 0 Å². The average Bonchev–Trinajstić information content (AvgIpc) is 3.47. The molecule has 0 spiro atoms. The fourth-order valence-corrected chi connectivity index (χ4v) is 5.76. The van der Waals surface area contributed by atoms with E-state index in [9.17, 15) is 13.2 Å². The Kier molecular flexibility index (Phi) is 9.65. The van der Waals surface area contributed by atoms with Crippen molar-refractivity contribution < 1.29 is 27.4 Å². The second-order valence-electron chi connectivity index (χ2n) is 9.34. The fraction of sp³-hybridized carbons (Fsp3) is 0.393. The highest BCUT2D eigenvalue weighted by atomic mass is 32.2. The van der Waals surface area contributed by atoms with Crippen LogP contribution in [0.25, 0.3) is 6.08 Å². The highest BCUT2D eigenvalue weighted by molar-refractivity contribution is 7.93. The van der Waals surface area contributed by atoms with Gasteiger partial charge in [0.25, 0.3) is 6.02 Å². The molecule has 0 radical (unpaired) electrons. The molecule has 0 unspecified atom stereocenters. The van der Waals surface area contributed by atoms with E-state index in [2.05, 4.69) is 9.89 Å². The number of likely N-dealkylation sites (tertiary alicyclic amines) is 1. The standard InChI is InChI=1S/C28H35N5O6S/c1-2-37-26(34)20-40(35,36)33(15-4-6-21-5-3-7-22(19-21)27(29)30)23-8-10-24(11-9-23)39-25-12-16-32(17-13-25)28-31-14-18-38-28/h3-11,19,25H,2,12-18,20H2,1H3,(H3,29,30). The van der Waals surface area contributed by atoms with Crippen molar-refractivity contribution in [2.24, 2.45) is 10.7 Å². The molecule has 2 aliphatic rings. The molecule has 4 rings (SSSR count). The number of hydrogen-bond donors (Lipinski definition) is 2. The summed E-state index contributed by atoms with van der Waals surface area (Å²) in [4.78, 5) is 18.6. The predicted octanol–water partition coefficient (Wildman–Crippen LogP) is 2.61. The van der Waals surface area contributed by atoms with Gasteiger partial charge in [0, 0.05) is 31.5 Å². The van der Waals surface area contributed by atoms with Crippen molar-refractivity contribution in [3.63, 3.8) is 0 Å². The number of hydrogen-bond acceptors (Lipinski definition) is 9. The van der Waals surface area contributed by atoms with Gasteiger partial charge in [0.05, 0.1) is 25.4 Å². The number of aliphatic imine (C=N–C) groups is 1. The van der Waals surface area contributed by atoms with E-state index in [0.29, 0.717) is 36.2 Å². The first-order valence-electron chi connectivity index (χ1n) is 13.2. The highest BCUT2D eigenvalue weighted by Crippen LogP contribution is 2.25. The summed E-state index contributed by atoms with van der Waals surface area (Å²) in [5.41, 5.74) is 7.29. The number of ether oxygens (including phenoxy) is 3. The molecule has 2 aliphatic heterocycles. The van der Waals surface area contributed by atoms with Gasteiger partial charge in [-0.25, -0.2) is 13.4 Å². The number of sulfonamides is 1. The molecule has 2 heterocycles. The molecule has 0 atom stereocenters. The lowest BCUT2D eigenvalue weighted by atomic mass is 10.1. The Morgan fingerprint density at radius 2 is 1.98 bits per heavy atom. The van der Waals surface area contributed by atoms with Gasteiger partial charge in [0.2, 0.25) is 10.0 Å². The van der Waals surface area contributed by atoms with Crippen molar-refractivity contribution in [1.82, 2.24) is 4.90 Å². The van der Waals surface area contributed by atoms with Crippen LogP contribution < -0.4 is 14.8 Å². The van der Waals surface area contributed by atoms with Crippen molar-refractivity contribution in [3.05, 3.63) is 65.7 Å². The highest BCUT2D eigenvalue weighted by Gasteiger charge is 2.27. The molecule has 11 nitrogen and oxygen atoms in total. The molecule has 1 saturated heterocycles. The van der Waals surface area contributed by atoms with Gasteiger partial charge in [-0.15, -0.1) is 0 Å². The van der Waals surface area contributed by atoms with E-state index in [-0.39, 0.29) is 25.1 Å². The summed E-state index contributed by atoms with van der Waals surface area (Å²) in [6.07, 6.45) is 5.09. The molecule has 0 saturated carbocycles. The van der Waals surface area contributed by atoms with Gasteiger partial charge >= 0.3 is 5.97 Å². The Labute approximate surface area is 234 Å². The molecule has 1 fully saturated rings. The van der Waals surface area contributed by atoms with E-state index < -0.39 is 21.7 Å². The molecule has 40 heavy (non-hydrogen) atoms. The zero-order chi connectivity index (χ0) is 28.5. The van der Waals surface area contributed by atoms with E-state index >= 15 is 0 Å². The van der Waals surface area contributed by atoms with Crippen LogP contribution in [0.4, 0.5) is 5.69 Å². The molecule has 0 aliphatic carbocycles. The number of nitrogen functional groups attached to an aromatic ring is 1. The molecule has 2 aromatic rings. The number of piperidine rings is 1. The Hall–Kier alpha value is -4.06. The molecule has 0 bridgehead atoms. The molecular weight excluding hydrogens is 534 g/mol. The number of carbonyl (C=O) groups excluding carboxylic acids is 1. The van der Waals surface area contributed by atoms with Gasteiger partial charge in [-0.05, 0) is 42.8 Å². The molecule has 2 aromatic carbocycles. The van der Waals surface area contributed by atoms with Crippen LogP contribution in [0.5, 0.6) is 5.75 Å². The molecule has 3 N–H and O–H groups in total. The SMILES string of the molecule is CCOC(=O)CS(=O)(=O)N(CC=Cc1cccc(C(=N)N)c1)c1ccc(OC2CCN(C3=NCCO3)CC2)cc1. The lowest BCUT2D eigenvalue weighted by molar-refractivity contribution is -0.139. The van der Waals surface area contributed by atoms with Gasteiger partial charge < -0.3 is 24.8 Å². The lowest BCUT2D eigenvalue weighted by Gasteiger charge is -2.32. The summed E-state index contributed by atoms with van der Waals surface area (Å²) in [7, 11) is -4.04. The summed E-state index contributed by atoms with van der Waals surface area (Å²) in [5.74, 6) is -1.01. The first kappa shape index (κ1) is 28.9. The number of anilines is 1. The Bertz CT molecular complexity index is 1350. The zero-order valence-corrected chi connectivity index (χ0v) is 23.3. The number of nitrogens with one attached hydrogen (secondary N) is 1. The van der Waals surface area contributed by atoms with Crippen molar-refractivity contribution in [2.45, 2.75) is 25.9 Å². The van der Waals surface area contributed by atoms with Crippen LogP contribution in [0.3, 0.4) is 0 Å². The maximum Gasteiger partial charge on any atom is 0.323 e. The number of benzene rings is 2. The molecule has 214 valence electrons. The molecule has 0 amide bonds.